The Morgan fingerprint density at radius 2 is 2.50 bits per heavy atom. The highest BCUT2D eigenvalue weighted by molar-refractivity contribution is 4.87. The summed E-state index contributed by atoms with van der Waals surface area (Å²) >= 11 is 0. The monoisotopic (exact) mass is 166 g/mol. The lowest BCUT2D eigenvalue weighted by Crippen LogP contribution is -2.51. The van der Waals surface area contributed by atoms with Crippen LogP contribution in [0.2, 0.25) is 0 Å². The van der Waals surface area contributed by atoms with E-state index < -0.39 is 0 Å². The van der Waals surface area contributed by atoms with Crippen LogP contribution in [0.4, 0.5) is 0 Å². The zero-order valence-corrected chi connectivity index (χ0v) is 7.84. The fraction of sp³-hybridized carbons (Fsp3) is 0.800. The van der Waals surface area contributed by atoms with Crippen LogP contribution in [0, 0.1) is 12.3 Å². The van der Waals surface area contributed by atoms with Crippen LogP contribution in [0.15, 0.2) is 0 Å². The first kappa shape index (κ1) is 9.57. The van der Waals surface area contributed by atoms with Crippen LogP contribution in [0.5, 0.6) is 0 Å². The molecule has 0 aromatic heterocycles. The van der Waals surface area contributed by atoms with Crippen LogP contribution in [0.25, 0.3) is 0 Å². The second-order valence-electron chi connectivity index (χ2n) is 3.26. The molecule has 1 aliphatic rings. The molecule has 68 valence electrons. The SMILES string of the molecule is C#CCCN1CCNCC1CC. The molecule has 0 spiro atoms. The first-order valence-electron chi connectivity index (χ1n) is 4.76. The number of nitrogens with zero attached hydrogens (tertiary/aromatic N) is 1. The third-order valence-corrected chi connectivity index (χ3v) is 2.49. The topological polar surface area (TPSA) is 15.3 Å². The normalized spacial score (nSPS) is 25.2. The van der Waals surface area contributed by atoms with E-state index in [1.807, 2.05) is 0 Å². The molecular weight excluding hydrogens is 148 g/mol. The molecule has 1 aliphatic heterocycles. The molecule has 1 heterocycles. The predicted octanol–water partition coefficient (Wildman–Crippen LogP) is 0.694. The zero-order chi connectivity index (χ0) is 8.81. The van der Waals surface area contributed by atoms with E-state index in [2.05, 4.69) is 23.1 Å². The smallest absolute Gasteiger partial charge is 0.0218 e. The van der Waals surface area contributed by atoms with Crippen molar-refractivity contribution in [3.63, 3.8) is 0 Å². The molecule has 1 N–H and O–H groups in total. The highest BCUT2D eigenvalue weighted by atomic mass is 15.2. The summed E-state index contributed by atoms with van der Waals surface area (Å²) in [6.45, 7) is 6.69. The number of nitrogens with one attached hydrogen (secondary N) is 1. The van der Waals surface area contributed by atoms with E-state index in [4.69, 9.17) is 6.42 Å². The summed E-state index contributed by atoms with van der Waals surface area (Å²) in [5.41, 5.74) is 0. The number of terminal acetylenes is 1. The van der Waals surface area contributed by atoms with Crippen molar-refractivity contribution in [2.75, 3.05) is 26.2 Å². The van der Waals surface area contributed by atoms with Crippen molar-refractivity contribution in [1.82, 2.24) is 10.2 Å². The Kier molecular flexibility index (Phi) is 4.13. The van der Waals surface area contributed by atoms with Gasteiger partial charge in [0.1, 0.15) is 0 Å². The first-order chi connectivity index (χ1) is 5.88. The number of hydrogen-bond donors (Lipinski definition) is 1. The molecular formula is C10H18N2. The number of hydrogen-bond acceptors (Lipinski definition) is 2. The lowest BCUT2D eigenvalue weighted by atomic mass is 10.1. The summed E-state index contributed by atoms with van der Waals surface area (Å²) in [5.74, 6) is 2.70. The van der Waals surface area contributed by atoms with E-state index in [-0.39, 0.29) is 0 Å². The molecule has 1 unspecified atom stereocenters. The molecule has 0 radical (unpaired) electrons. The first-order valence-corrected chi connectivity index (χ1v) is 4.76. The maximum atomic E-state index is 5.24. The second-order valence-corrected chi connectivity index (χ2v) is 3.26. The molecule has 0 aromatic carbocycles. The highest BCUT2D eigenvalue weighted by Crippen LogP contribution is 2.06. The summed E-state index contributed by atoms with van der Waals surface area (Å²) in [5, 5.41) is 3.40. The standard InChI is InChI=1S/C10H18N2/c1-3-5-7-12-8-6-11-9-10(12)4-2/h1,10-11H,4-9H2,2H3. The van der Waals surface area contributed by atoms with Crippen molar-refractivity contribution in [3.8, 4) is 12.3 Å². The fourth-order valence-electron chi connectivity index (χ4n) is 1.71. The van der Waals surface area contributed by atoms with Gasteiger partial charge in [0.25, 0.3) is 0 Å². The molecule has 0 aliphatic carbocycles. The van der Waals surface area contributed by atoms with Gasteiger partial charge in [-0.15, -0.1) is 12.3 Å². The van der Waals surface area contributed by atoms with Crippen molar-refractivity contribution in [2.45, 2.75) is 25.8 Å². The van der Waals surface area contributed by atoms with Crippen molar-refractivity contribution in [1.29, 1.82) is 0 Å². The van der Waals surface area contributed by atoms with Gasteiger partial charge >= 0.3 is 0 Å². The van der Waals surface area contributed by atoms with E-state index in [1.54, 1.807) is 0 Å². The van der Waals surface area contributed by atoms with Crippen molar-refractivity contribution >= 4 is 0 Å². The molecule has 0 saturated carbocycles. The van der Waals surface area contributed by atoms with Crippen molar-refractivity contribution in [3.05, 3.63) is 0 Å². The van der Waals surface area contributed by atoms with Gasteiger partial charge in [-0.1, -0.05) is 6.92 Å². The fourth-order valence-corrected chi connectivity index (χ4v) is 1.71. The molecule has 0 aromatic rings. The maximum absolute atomic E-state index is 5.24. The van der Waals surface area contributed by atoms with Gasteiger partial charge in [0, 0.05) is 38.6 Å². The summed E-state index contributed by atoms with van der Waals surface area (Å²) in [4.78, 5) is 2.50. The van der Waals surface area contributed by atoms with E-state index in [0.29, 0.717) is 6.04 Å². The summed E-state index contributed by atoms with van der Waals surface area (Å²) in [6.07, 6.45) is 7.35. The molecule has 1 fully saturated rings. The molecule has 0 bridgehead atoms. The molecule has 1 rings (SSSR count). The molecule has 2 heteroatoms. The molecule has 0 amide bonds. The summed E-state index contributed by atoms with van der Waals surface area (Å²) in [7, 11) is 0. The second kappa shape index (κ2) is 5.18. The molecule has 2 nitrogen and oxygen atoms in total. The molecule has 1 saturated heterocycles. The van der Waals surface area contributed by atoms with E-state index >= 15 is 0 Å². The van der Waals surface area contributed by atoms with E-state index in [0.717, 1.165) is 32.6 Å². The predicted molar refractivity (Wildman–Crippen MR) is 52.0 cm³/mol. The average molecular weight is 166 g/mol. The summed E-state index contributed by atoms with van der Waals surface area (Å²) in [6, 6.07) is 0.701. The number of piperazine rings is 1. The highest BCUT2D eigenvalue weighted by Gasteiger charge is 2.18. The van der Waals surface area contributed by atoms with Crippen LogP contribution in [0.1, 0.15) is 19.8 Å². The lowest BCUT2D eigenvalue weighted by Gasteiger charge is -2.35. The molecule has 12 heavy (non-hydrogen) atoms. The van der Waals surface area contributed by atoms with Gasteiger partial charge in [-0.2, -0.15) is 0 Å². The third-order valence-electron chi connectivity index (χ3n) is 2.49. The van der Waals surface area contributed by atoms with Gasteiger partial charge in [0.15, 0.2) is 0 Å². The Morgan fingerprint density at radius 1 is 1.67 bits per heavy atom. The van der Waals surface area contributed by atoms with Crippen molar-refractivity contribution < 1.29 is 0 Å². The minimum Gasteiger partial charge on any atom is -0.314 e. The van der Waals surface area contributed by atoms with Crippen LogP contribution in [0.3, 0.4) is 0 Å². The van der Waals surface area contributed by atoms with Gasteiger partial charge in [0.05, 0.1) is 0 Å². The minimum atomic E-state index is 0.701. The van der Waals surface area contributed by atoms with Crippen LogP contribution < -0.4 is 5.32 Å². The lowest BCUT2D eigenvalue weighted by molar-refractivity contribution is 0.161. The van der Waals surface area contributed by atoms with Gasteiger partial charge in [-0.25, -0.2) is 0 Å². The van der Waals surface area contributed by atoms with Crippen LogP contribution in [-0.4, -0.2) is 37.1 Å². The van der Waals surface area contributed by atoms with Crippen LogP contribution in [-0.2, 0) is 0 Å². The van der Waals surface area contributed by atoms with Crippen LogP contribution >= 0.6 is 0 Å². The quantitative estimate of drug-likeness (QED) is 0.621. The van der Waals surface area contributed by atoms with E-state index in [1.165, 1.54) is 6.42 Å². The molecule has 1 atom stereocenters. The largest absolute Gasteiger partial charge is 0.314 e. The van der Waals surface area contributed by atoms with E-state index in [9.17, 15) is 0 Å². The Bertz CT molecular complexity index is 160. The van der Waals surface area contributed by atoms with Gasteiger partial charge in [-0.3, -0.25) is 4.90 Å². The van der Waals surface area contributed by atoms with Gasteiger partial charge in [-0.05, 0) is 6.42 Å². The van der Waals surface area contributed by atoms with Gasteiger partial charge < -0.3 is 5.32 Å². The maximum Gasteiger partial charge on any atom is 0.0218 e. The van der Waals surface area contributed by atoms with Crippen molar-refractivity contribution in [2.24, 2.45) is 0 Å². The summed E-state index contributed by atoms with van der Waals surface area (Å²) < 4.78 is 0. The Morgan fingerprint density at radius 3 is 3.17 bits per heavy atom. The Hall–Kier alpha value is -0.520. The zero-order valence-electron chi connectivity index (χ0n) is 7.84. The van der Waals surface area contributed by atoms with Gasteiger partial charge in [0.2, 0.25) is 0 Å². The number of rotatable bonds is 3. The Balaban J connectivity index is 2.32. The average Bonchev–Trinajstić information content (AvgIpc) is 2.15. The Labute approximate surface area is 75.3 Å². The minimum absolute atomic E-state index is 0.701. The third kappa shape index (κ3) is 2.51.